The molecule has 0 aromatic carbocycles. The van der Waals surface area contributed by atoms with Crippen molar-refractivity contribution < 1.29 is 81.3 Å². The van der Waals surface area contributed by atoms with Crippen molar-refractivity contribution in [1.82, 2.24) is 9.55 Å². The van der Waals surface area contributed by atoms with Crippen LogP contribution in [0.3, 0.4) is 0 Å². The molecule has 2 unspecified atom stereocenters. The van der Waals surface area contributed by atoms with Crippen LogP contribution in [0, 0.1) is 5.92 Å². The second-order valence-electron chi connectivity index (χ2n) is 21.2. The lowest BCUT2D eigenvalue weighted by atomic mass is 10.0. The molecule has 1 aromatic rings. The van der Waals surface area contributed by atoms with Gasteiger partial charge in [0.15, 0.2) is 12.3 Å². The van der Waals surface area contributed by atoms with Crippen molar-refractivity contribution in [3.8, 4) is 0 Å². The third-order valence-corrected chi connectivity index (χ3v) is 17.4. The number of nitrogen functional groups attached to an aromatic ring is 1. The Morgan fingerprint density at radius 3 is 2.00 bits per heavy atom. The van der Waals surface area contributed by atoms with Gasteiger partial charge in [-0.2, -0.15) is 9.29 Å². The van der Waals surface area contributed by atoms with Gasteiger partial charge in [0.2, 0.25) is 0 Å². The number of aromatic nitrogens is 2. The second-order valence-corrected chi connectivity index (χ2v) is 25.4. The number of phosphoric ester groups is 2. The maximum Gasteiger partial charge on any atom is 0.481 e. The van der Waals surface area contributed by atoms with Crippen LogP contribution in [0.25, 0.3) is 0 Å². The monoisotopic (exact) mass is 1220 g/mol. The number of hydrogen-bond acceptors (Lipinski definition) is 19. The zero-order chi connectivity index (χ0) is 60.6. The zero-order valence-corrected chi connectivity index (χ0v) is 51.2. The minimum absolute atomic E-state index is 0.0265. The first-order chi connectivity index (χ1) is 39.1. The molecular weight excluding hydrogens is 1120 g/mol. The summed E-state index contributed by atoms with van der Waals surface area (Å²) in [6.45, 7) is 3.99. The minimum atomic E-state index is -5.58. The molecule has 2 heterocycles. The van der Waals surface area contributed by atoms with Gasteiger partial charge in [0, 0.05) is 30.0 Å². The Hall–Kier alpha value is -3.54. The summed E-state index contributed by atoms with van der Waals surface area (Å²) in [6.07, 6.45) is 32.3. The fourth-order valence-corrected chi connectivity index (χ4v) is 11.9. The molecule has 1 aliphatic rings. The number of hydrogen-bond donors (Lipinski definition) is 8. The molecule has 22 nitrogen and oxygen atoms in total. The molecule has 10 N–H and O–H groups in total. The number of carbonyl (C=O) groups excluding carboxylic acids is 2. The number of aliphatic carboxylic acids is 1. The summed E-state index contributed by atoms with van der Waals surface area (Å²) in [5.74, 6) is -2.22. The summed E-state index contributed by atoms with van der Waals surface area (Å²) in [6, 6.07) is -0.159. The number of phosphoric acid groups is 2. The lowest BCUT2D eigenvalue weighted by Crippen LogP contribution is -2.40. The summed E-state index contributed by atoms with van der Waals surface area (Å²) in [5, 5.41) is 40.6. The lowest BCUT2D eigenvalue weighted by molar-refractivity contribution is -0.161. The average molecular weight is 1220 g/mol. The summed E-state index contributed by atoms with van der Waals surface area (Å²) in [7, 11) is -11.1. The van der Waals surface area contributed by atoms with Gasteiger partial charge in [0.25, 0.3) is 0 Å². The molecule has 1 aliphatic heterocycles. The molecule has 1 fully saturated rings. The quantitative estimate of drug-likeness (QED) is 0.00988. The first-order valence-corrected chi connectivity index (χ1v) is 33.5. The Balaban J connectivity index is 2.00. The van der Waals surface area contributed by atoms with Crippen molar-refractivity contribution in [1.29, 1.82) is 0 Å². The molecule has 0 amide bonds. The van der Waals surface area contributed by atoms with Crippen molar-refractivity contribution in [2.24, 2.45) is 11.7 Å². The topological polar surface area (TPSA) is 349 Å². The number of esters is 2. The number of rotatable bonds is 49. The molecule has 1 saturated heterocycles. The standard InChI is InChI=1S/C57H98N4O18P2S/c1-4-5-6-7-8-9-10-18-21-24-27-30-35-49(47(62)34-32-36-51(63)64)82-43-46(58)56(68)77-45(40-74-52(65)37-31-28-25-22-19-16-14-12-11-13-15-17-20-23-26-29-33-44(2)3)41-75-80(70,71)79-81(72,73)76-42-48-53(66)54(67)55(78-48)61-39-38-50(59)60-57(61)69/h8-9,18,21,24,27,30,35,38-39,44-49,53-55,62,66-67H,4-7,10-17,19-20,22-23,25-26,28-29,31-34,36-37,40-43,58H2,1-3H3,(H,63,64)(H,70,71)(H,72,73)(H2,59,60,69)/b9-8-,21-18-,27-24+,35-30+/t45-,46+,47+,48-,49-,53-,54-,55-/m1/s1. The van der Waals surface area contributed by atoms with E-state index in [1.54, 1.807) is 18.2 Å². The van der Waals surface area contributed by atoms with Gasteiger partial charge in [-0.15, -0.1) is 11.8 Å². The van der Waals surface area contributed by atoms with E-state index in [1.165, 1.54) is 89.5 Å². The van der Waals surface area contributed by atoms with E-state index in [1.807, 2.05) is 18.2 Å². The predicted molar refractivity (Wildman–Crippen MR) is 317 cm³/mol. The number of allylic oxidation sites excluding steroid dienone is 7. The van der Waals surface area contributed by atoms with Crippen molar-refractivity contribution >= 4 is 51.1 Å². The van der Waals surface area contributed by atoms with Gasteiger partial charge < -0.3 is 55.9 Å². The first-order valence-electron chi connectivity index (χ1n) is 29.4. The van der Waals surface area contributed by atoms with Crippen LogP contribution in [0.15, 0.2) is 65.7 Å². The van der Waals surface area contributed by atoms with Crippen LogP contribution in [0.4, 0.5) is 5.82 Å². The number of carbonyl (C=O) groups is 3. The van der Waals surface area contributed by atoms with Gasteiger partial charge in [-0.1, -0.05) is 185 Å². The number of aliphatic hydroxyl groups is 3. The van der Waals surface area contributed by atoms with E-state index in [-0.39, 0.29) is 37.3 Å². The molecule has 0 radical (unpaired) electrons. The maximum atomic E-state index is 13.5. The van der Waals surface area contributed by atoms with Crippen molar-refractivity contribution in [2.75, 3.05) is 31.3 Å². The molecule has 470 valence electrons. The number of nitrogens with zero attached hydrogens (tertiary/aromatic N) is 2. The number of nitrogens with two attached hydrogens (primary N) is 2. The van der Waals surface area contributed by atoms with E-state index >= 15 is 0 Å². The second kappa shape index (κ2) is 44.0. The highest BCUT2D eigenvalue weighted by Gasteiger charge is 2.46. The average Bonchev–Trinajstić information content (AvgIpc) is 3.91. The fourth-order valence-electron chi connectivity index (χ4n) is 8.63. The van der Waals surface area contributed by atoms with E-state index < -0.39 is 107 Å². The van der Waals surface area contributed by atoms with Crippen LogP contribution < -0.4 is 17.2 Å². The van der Waals surface area contributed by atoms with Crippen molar-refractivity contribution in [3.63, 3.8) is 0 Å². The molecule has 10 atom stereocenters. The fraction of sp³-hybridized carbons (Fsp3) is 0.737. The minimum Gasteiger partial charge on any atom is -0.481 e. The summed E-state index contributed by atoms with van der Waals surface area (Å²) in [5.41, 5.74) is 10.8. The molecule has 2 rings (SSSR count). The molecule has 82 heavy (non-hydrogen) atoms. The van der Waals surface area contributed by atoms with Crippen molar-refractivity contribution in [2.45, 2.75) is 236 Å². The van der Waals surface area contributed by atoms with Crippen molar-refractivity contribution in [3.05, 3.63) is 71.4 Å². The normalized spacial score (nSPS) is 19.7. The Morgan fingerprint density at radius 1 is 0.780 bits per heavy atom. The third-order valence-electron chi connectivity index (χ3n) is 13.3. The number of carboxylic acid groups (broad SMARTS) is 1. The van der Waals surface area contributed by atoms with Crippen LogP contribution in [0.1, 0.15) is 194 Å². The molecule has 25 heteroatoms. The lowest BCUT2D eigenvalue weighted by Gasteiger charge is -2.23. The number of carboxylic acids is 1. The largest absolute Gasteiger partial charge is 0.481 e. The van der Waals surface area contributed by atoms with Gasteiger partial charge in [-0.05, 0) is 50.5 Å². The number of unbranched alkanes of at least 4 members (excludes halogenated alkanes) is 18. The number of thioether (sulfide) groups is 1. The van der Waals surface area contributed by atoms with E-state index in [2.05, 4.69) is 42.2 Å². The number of ether oxygens (including phenoxy) is 3. The van der Waals surface area contributed by atoms with E-state index in [0.29, 0.717) is 6.42 Å². The van der Waals surface area contributed by atoms with Gasteiger partial charge in [-0.25, -0.2) is 13.9 Å². The molecule has 0 aliphatic carbocycles. The first kappa shape index (κ1) is 74.6. The smallest absolute Gasteiger partial charge is 0.481 e. The summed E-state index contributed by atoms with van der Waals surface area (Å²) >= 11 is 1.09. The van der Waals surface area contributed by atoms with Crippen LogP contribution in [0.2, 0.25) is 0 Å². The van der Waals surface area contributed by atoms with E-state index in [9.17, 15) is 53.4 Å². The summed E-state index contributed by atoms with van der Waals surface area (Å²) in [4.78, 5) is 74.2. The molecule has 0 spiro atoms. The van der Waals surface area contributed by atoms with Gasteiger partial charge >= 0.3 is 39.2 Å². The Bertz CT molecular complexity index is 2220. The number of aliphatic hydroxyl groups excluding tert-OH is 3. The van der Waals surface area contributed by atoms with Gasteiger partial charge in [0.1, 0.15) is 36.8 Å². The van der Waals surface area contributed by atoms with E-state index in [0.717, 1.165) is 79.8 Å². The van der Waals surface area contributed by atoms with Gasteiger partial charge in [0.05, 0.1) is 19.3 Å². The third kappa shape index (κ3) is 35.7. The Labute approximate surface area is 490 Å². The highest BCUT2D eigenvalue weighted by atomic mass is 32.2. The van der Waals surface area contributed by atoms with Crippen LogP contribution >= 0.6 is 27.4 Å². The number of anilines is 1. The Morgan fingerprint density at radius 2 is 1.39 bits per heavy atom. The molecule has 1 aromatic heterocycles. The van der Waals surface area contributed by atoms with Gasteiger partial charge in [-0.3, -0.25) is 28.0 Å². The SMILES string of the molecule is CCCCC/C=C\C\C=C/C=C/C=C/[C@@H](SC[C@H](N)C(=O)O[C@H](COC(=O)CCCCCCCCCCCCCCCCCCC(C)C)COP(=O)(O)OP(=O)(O)OC[C@H]1O[C@@H](n2ccc(N)nc2=O)[C@H](O)[C@@H]1O)[C@@H](O)CCCC(=O)O. The molecular formula is C57H98N4O18P2S. The predicted octanol–water partition coefficient (Wildman–Crippen LogP) is 10.1. The highest BCUT2D eigenvalue weighted by molar-refractivity contribution is 8.00. The van der Waals surface area contributed by atoms with Crippen LogP contribution in [-0.4, -0.2) is 125 Å². The molecule has 0 bridgehead atoms. The zero-order valence-electron chi connectivity index (χ0n) is 48.6. The molecule has 0 saturated carbocycles. The Kier molecular flexibility index (Phi) is 40.0. The maximum absolute atomic E-state index is 13.5. The summed E-state index contributed by atoms with van der Waals surface area (Å²) < 4.78 is 57.2. The highest BCUT2D eigenvalue weighted by Crippen LogP contribution is 2.60. The van der Waals surface area contributed by atoms with Crippen LogP contribution in [0.5, 0.6) is 0 Å². The van der Waals surface area contributed by atoms with E-state index in [4.69, 9.17) is 39.8 Å². The van der Waals surface area contributed by atoms with Crippen LogP contribution in [-0.2, 0) is 51.1 Å².